The number of carbonyl (C=O) groups is 2. The zero-order valence-electron chi connectivity index (χ0n) is 16.5. The molecule has 2 aliphatic rings. The summed E-state index contributed by atoms with van der Waals surface area (Å²) in [6.07, 6.45) is -3.69. The lowest BCUT2D eigenvalue weighted by molar-refractivity contribution is -0.333. The molecule has 7 nitrogen and oxygen atoms in total. The van der Waals surface area contributed by atoms with Gasteiger partial charge in [-0.1, -0.05) is 54.6 Å². The molecule has 0 saturated carbocycles. The maximum atomic E-state index is 9.63. The highest BCUT2D eigenvalue weighted by molar-refractivity contribution is 5.81. The van der Waals surface area contributed by atoms with Crippen molar-refractivity contribution in [1.29, 1.82) is 0 Å². The molecule has 1 heterocycles. The van der Waals surface area contributed by atoms with E-state index in [1.807, 2.05) is 0 Å². The Morgan fingerprint density at radius 3 is 2.13 bits per heavy atom. The summed E-state index contributed by atoms with van der Waals surface area (Å²) in [5.74, 6) is -3.65. The second-order valence-corrected chi connectivity index (χ2v) is 7.45. The Morgan fingerprint density at radius 1 is 0.967 bits per heavy atom. The van der Waals surface area contributed by atoms with E-state index in [1.165, 1.54) is 29.7 Å². The molecule has 1 aliphatic heterocycles. The number of aliphatic hydroxyl groups excluding tert-OH is 2. The molecule has 30 heavy (non-hydrogen) atoms. The highest BCUT2D eigenvalue weighted by Gasteiger charge is 2.34. The normalized spacial score (nSPS) is 19.8. The van der Waals surface area contributed by atoms with Gasteiger partial charge in [0.05, 0.1) is 11.9 Å². The third kappa shape index (κ3) is 4.43. The van der Waals surface area contributed by atoms with Crippen molar-refractivity contribution in [2.45, 2.75) is 24.5 Å². The van der Waals surface area contributed by atoms with Crippen molar-refractivity contribution in [2.24, 2.45) is 0 Å². The van der Waals surface area contributed by atoms with Crippen LogP contribution in [0.4, 0.5) is 0 Å². The maximum absolute atomic E-state index is 9.63. The lowest BCUT2D eigenvalue weighted by atomic mass is 9.87. The number of likely N-dealkylation sites (N-methyl/N-ethyl adjacent to an activating group) is 1. The Bertz CT molecular complexity index is 937. The minimum absolute atomic E-state index is 0.463. The number of fused-ring (bicyclic) bond motifs is 2. The molecule has 0 spiro atoms. The fourth-order valence-corrected chi connectivity index (χ4v) is 4.00. The lowest BCUT2D eigenvalue weighted by Gasteiger charge is -2.27. The average Bonchev–Trinajstić information content (AvgIpc) is 3.07. The van der Waals surface area contributed by atoms with E-state index >= 15 is 0 Å². The fourth-order valence-electron chi connectivity index (χ4n) is 4.00. The van der Waals surface area contributed by atoms with Crippen molar-refractivity contribution < 1.29 is 30.0 Å². The summed E-state index contributed by atoms with van der Waals surface area (Å²) in [7, 11) is 2.23. The van der Waals surface area contributed by atoms with E-state index in [1.54, 1.807) is 11.1 Å². The minimum Gasteiger partial charge on any atom is -0.547 e. The first-order chi connectivity index (χ1) is 14.3. The van der Waals surface area contributed by atoms with Gasteiger partial charge in [-0.15, -0.1) is 0 Å². The van der Waals surface area contributed by atoms with Gasteiger partial charge in [0.1, 0.15) is 12.2 Å². The topological polar surface area (TPSA) is 124 Å². The summed E-state index contributed by atoms with van der Waals surface area (Å²) < 4.78 is 0. The number of benzene rings is 2. The largest absolute Gasteiger partial charge is 0.547 e. The molecule has 158 valence electrons. The van der Waals surface area contributed by atoms with Gasteiger partial charge in [-0.3, -0.25) is 0 Å². The van der Waals surface area contributed by atoms with E-state index < -0.39 is 24.1 Å². The van der Waals surface area contributed by atoms with Crippen LogP contribution in [0.15, 0.2) is 60.2 Å². The van der Waals surface area contributed by atoms with Crippen molar-refractivity contribution in [1.82, 2.24) is 4.90 Å². The molecule has 0 aromatic heterocycles. The molecule has 2 N–H and O–H groups in total. The number of rotatable bonds is 4. The van der Waals surface area contributed by atoms with Gasteiger partial charge in [-0.25, -0.2) is 0 Å². The zero-order valence-corrected chi connectivity index (χ0v) is 16.5. The molecule has 3 atom stereocenters. The number of carboxylic acids is 2. The first kappa shape index (κ1) is 21.7. The molecule has 0 amide bonds. The SMILES string of the molecule is CN1CCC2=C(C1)C(c1ccccc1)c1ccccc12.O=C([O-])C(O)C(O)C(=O)[O-]. The van der Waals surface area contributed by atoms with Crippen molar-refractivity contribution in [3.8, 4) is 0 Å². The molecular formula is C23H23NO6-2. The number of carbonyl (C=O) groups excluding carboxylic acids is 2. The van der Waals surface area contributed by atoms with Gasteiger partial charge in [0, 0.05) is 19.0 Å². The third-order valence-electron chi connectivity index (χ3n) is 5.43. The molecule has 0 radical (unpaired) electrons. The Morgan fingerprint density at radius 2 is 1.53 bits per heavy atom. The predicted molar refractivity (Wildman–Crippen MR) is 106 cm³/mol. The Kier molecular flexibility index (Phi) is 6.66. The van der Waals surface area contributed by atoms with E-state index in [4.69, 9.17) is 10.2 Å². The second-order valence-electron chi connectivity index (χ2n) is 7.45. The molecule has 2 aromatic carbocycles. The van der Waals surface area contributed by atoms with Gasteiger partial charge in [0.15, 0.2) is 0 Å². The zero-order chi connectivity index (χ0) is 21.8. The number of carboxylic acid groups (broad SMARTS) is 2. The summed E-state index contributed by atoms with van der Waals surface area (Å²) in [4.78, 5) is 21.7. The highest BCUT2D eigenvalue weighted by atomic mass is 16.4. The molecule has 0 saturated heterocycles. The number of hydrogen-bond donors (Lipinski definition) is 2. The Balaban J connectivity index is 0.000000220. The summed E-state index contributed by atoms with van der Waals surface area (Å²) in [6, 6.07) is 19.9. The van der Waals surface area contributed by atoms with E-state index in [2.05, 4.69) is 66.5 Å². The van der Waals surface area contributed by atoms with Crippen molar-refractivity contribution >= 4 is 17.5 Å². The van der Waals surface area contributed by atoms with Gasteiger partial charge in [-0.2, -0.15) is 0 Å². The second kappa shape index (κ2) is 9.21. The van der Waals surface area contributed by atoms with E-state index in [-0.39, 0.29) is 0 Å². The molecule has 0 bridgehead atoms. The van der Waals surface area contributed by atoms with Crippen LogP contribution in [-0.2, 0) is 9.59 Å². The quantitative estimate of drug-likeness (QED) is 0.673. The fraction of sp³-hybridized carbons (Fsp3) is 0.304. The molecule has 7 heteroatoms. The van der Waals surface area contributed by atoms with Gasteiger partial charge >= 0.3 is 0 Å². The molecule has 4 rings (SSSR count). The van der Waals surface area contributed by atoms with Gasteiger partial charge in [0.2, 0.25) is 0 Å². The summed E-state index contributed by atoms with van der Waals surface area (Å²) in [5, 5.41) is 35.7. The van der Waals surface area contributed by atoms with E-state index in [0.717, 1.165) is 6.54 Å². The Hall–Kier alpha value is -3.00. The highest BCUT2D eigenvalue weighted by Crippen LogP contribution is 2.48. The van der Waals surface area contributed by atoms with E-state index in [9.17, 15) is 19.8 Å². The average molecular weight is 409 g/mol. The summed E-state index contributed by atoms with van der Waals surface area (Å²) in [5.41, 5.74) is 7.64. The third-order valence-corrected chi connectivity index (χ3v) is 5.43. The van der Waals surface area contributed by atoms with Gasteiger partial charge in [-0.05, 0) is 41.3 Å². The van der Waals surface area contributed by atoms with Crippen LogP contribution in [-0.4, -0.2) is 59.4 Å². The predicted octanol–water partition coefficient (Wildman–Crippen LogP) is -0.871. The van der Waals surface area contributed by atoms with E-state index in [0.29, 0.717) is 5.92 Å². The molecule has 0 fully saturated rings. The van der Waals surface area contributed by atoms with Crippen LogP contribution in [0.3, 0.4) is 0 Å². The lowest BCUT2D eigenvalue weighted by Crippen LogP contribution is -2.51. The number of aliphatic carboxylic acids is 2. The van der Waals surface area contributed by atoms with Crippen LogP contribution < -0.4 is 10.2 Å². The van der Waals surface area contributed by atoms with Crippen molar-refractivity contribution in [3.63, 3.8) is 0 Å². The van der Waals surface area contributed by atoms with Crippen LogP contribution in [0, 0.1) is 0 Å². The van der Waals surface area contributed by atoms with Crippen LogP contribution in [0.5, 0.6) is 0 Å². The minimum atomic E-state index is -2.44. The maximum Gasteiger partial charge on any atom is 0.124 e. The van der Waals surface area contributed by atoms with Gasteiger partial charge in [0.25, 0.3) is 0 Å². The Labute approximate surface area is 174 Å². The number of hydrogen-bond acceptors (Lipinski definition) is 7. The first-order valence-electron chi connectivity index (χ1n) is 9.63. The number of aliphatic hydroxyl groups is 2. The van der Waals surface area contributed by atoms with Crippen molar-refractivity contribution in [2.75, 3.05) is 20.1 Å². The standard InChI is InChI=1S/C19H19N.C4H6O6/c1-20-12-11-16-15-9-5-6-10-17(15)19(18(16)13-20)14-7-3-2-4-8-14;5-1(3(7)8)2(6)4(9)10/h2-10,19H,11-13H2,1H3;1-2,5-6H,(H,7,8)(H,9,10)/p-2. The van der Waals surface area contributed by atoms with Crippen LogP contribution in [0.1, 0.15) is 29.0 Å². The summed E-state index contributed by atoms with van der Waals surface area (Å²) >= 11 is 0. The monoisotopic (exact) mass is 409 g/mol. The molecule has 2 aromatic rings. The summed E-state index contributed by atoms with van der Waals surface area (Å²) in [6.45, 7) is 2.28. The molecular weight excluding hydrogens is 386 g/mol. The molecule has 1 aliphatic carbocycles. The van der Waals surface area contributed by atoms with Crippen LogP contribution >= 0.6 is 0 Å². The van der Waals surface area contributed by atoms with Crippen molar-refractivity contribution in [3.05, 3.63) is 76.9 Å². The van der Waals surface area contributed by atoms with Crippen LogP contribution in [0.25, 0.3) is 5.57 Å². The molecule has 3 unspecified atom stereocenters. The smallest absolute Gasteiger partial charge is 0.124 e. The number of nitrogens with zero attached hydrogens (tertiary/aromatic N) is 1. The first-order valence-corrected chi connectivity index (χ1v) is 9.63. The van der Waals surface area contributed by atoms with Crippen LogP contribution in [0.2, 0.25) is 0 Å². The van der Waals surface area contributed by atoms with Gasteiger partial charge < -0.3 is 34.9 Å².